The first-order valence-corrected chi connectivity index (χ1v) is 10.7. The molecule has 0 atom stereocenters. The molecule has 0 saturated heterocycles. The van der Waals surface area contributed by atoms with Crippen LogP contribution in [0.5, 0.6) is 0 Å². The summed E-state index contributed by atoms with van der Waals surface area (Å²) in [5.41, 5.74) is 3.01. The van der Waals surface area contributed by atoms with Crippen LogP contribution >= 0.6 is 27.7 Å². The third-order valence-electron chi connectivity index (χ3n) is 4.59. The summed E-state index contributed by atoms with van der Waals surface area (Å²) >= 11 is 4.69. The van der Waals surface area contributed by atoms with Crippen molar-refractivity contribution in [2.75, 3.05) is 6.61 Å². The lowest BCUT2D eigenvalue weighted by molar-refractivity contribution is 0.0527. The maximum Gasteiger partial charge on any atom is 0.340 e. The van der Waals surface area contributed by atoms with Crippen LogP contribution < -0.4 is 0 Å². The minimum absolute atomic E-state index is 0.117. The number of hydrogen-bond donors (Lipinski definition) is 2. The van der Waals surface area contributed by atoms with Gasteiger partial charge in [0.1, 0.15) is 0 Å². The van der Waals surface area contributed by atoms with E-state index < -0.39 is 11.9 Å². The average Bonchev–Trinajstić information content (AvgIpc) is 2.98. The van der Waals surface area contributed by atoms with Crippen molar-refractivity contribution >= 4 is 50.5 Å². The summed E-state index contributed by atoms with van der Waals surface area (Å²) < 4.78 is 7.73. The predicted octanol–water partition coefficient (Wildman–Crippen LogP) is 4.60. The number of nitrogens with zero attached hydrogens (tertiary/aromatic N) is 1. The van der Waals surface area contributed by atoms with Crippen LogP contribution in [0.25, 0.3) is 10.9 Å². The van der Waals surface area contributed by atoms with E-state index in [-0.39, 0.29) is 18.8 Å². The Bertz CT molecular complexity index is 1090. The smallest absolute Gasteiger partial charge is 0.340 e. The summed E-state index contributed by atoms with van der Waals surface area (Å²) in [5.74, 6) is -0.965. The predicted molar refractivity (Wildman–Crippen MR) is 115 cm³/mol. The third-order valence-corrected chi connectivity index (χ3v) is 6.29. The lowest BCUT2D eigenvalue weighted by Gasteiger charge is -2.09. The van der Waals surface area contributed by atoms with Gasteiger partial charge in [0.15, 0.2) is 0 Å². The molecule has 0 saturated carbocycles. The lowest BCUT2D eigenvalue weighted by Crippen LogP contribution is -2.08. The molecule has 0 bridgehead atoms. The number of aromatic carboxylic acids is 1. The summed E-state index contributed by atoms with van der Waals surface area (Å²) in [6, 6.07) is 10.6. The molecule has 2 N–H and O–H groups in total. The fourth-order valence-electron chi connectivity index (χ4n) is 3.15. The molecule has 0 spiro atoms. The minimum Gasteiger partial charge on any atom is -0.478 e. The second-order valence-electron chi connectivity index (χ2n) is 6.35. The van der Waals surface area contributed by atoms with Crippen LogP contribution in [0.2, 0.25) is 0 Å². The summed E-state index contributed by atoms with van der Waals surface area (Å²) in [7, 11) is 1.88. The number of aliphatic hydroxyl groups excluding tert-OH is 1. The van der Waals surface area contributed by atoms with Gasteiger partial charge < -0.3 is 19.5 Å². The van der Waals surface area contributed by atoms with E-state index in [0.717, 1.165) is 21.5 Å². The van der Waals surface area contributed by atoms with Crippen LogP contribution in [-0.4, -0.2) is 33.3 Å². The van der Waals surface area contributed by atoms with Crippen LogP contribution in [-0.2, 0) is 24.1 Å². The van der Waals surface area contributed by atoms with Gasteiger partial charge in [-0.3, -0.25) is 0 Å². The molecular formula is C21H20BrNO5S. The number of aliphatic hydroxyl groups is 1. The zero-order valence-electron chi connectivity index (χ0n) is 15.9. The van der Waals surface area contributed by atoms with Crippen molar-refractivity contribution in [3.63, 3.8) is 0 Å². The summed E-state index contributed by atoms with van der Waals surface area (Å²) in [5, 5.41) is 19.5. The van der Waals surface area contributed by atoms with E-state index in [1.54, 1.807) is 25.1 Å². The van der Waals surface area contributed by atoms with E-state index in [0.29, 0.717) is 21.4 Å². The minimum atomic E-state index is -1.01. The summed E-state index contributed by atoms with van der Waals surface area (Å²) in [4.78, 5) is 24.9. The van der Waals surface area contributed by atoms with Gasteiger partial charge in [-0.05, 0) is 58.7 Å². The number of fused-ring (bicyclic) bond motifs is 1. The summed E-state index contributed by atoms with van der Waals surface area (Å²) in [6.07, 6.45) is 0. The van der Waals surface area contributed by atoms with Gasteiger partial charge in [-0.2, -0.15) is 0 Å². The molecule has 0 aliphatic carbocycles. The van der Waals surface area contributed by atoms with Gasteiger partial charge in [0, 0.05) is 38.8 Å². The monoisotopic (exact) mass is 477 g/mol. The van der Waals surface area contributed by atoms with Crippen molar-refractivity contribution in [3.05, 3.63) is 63.3 Å². The van der Waals surface area contributed by atoms with Crippen LogP contribution in [0, 0.1) is 0 Å². The number of carboxylic acid groups (broad SMARTS) is 1. The van der Waals surface area contributed by atoms with E-state index >= 15 is 0 Å². The maximum atomic E-state index is 12.7. The Morgan fingerprint density at radius 2 is 1.97 bits per heavy atom. The molecule has 2 aromatic carbocycles. The molecule has 0 aliphatic heterocycles. The average molecular weight is 478 g/mol. The molecule has 0 aliphatic rings. The molecule has 6 nitrogen and oxygen atoms in total. The molecule has 1 aromatic heterocycles. The topological polar surface area (TPSA) is 88.8 Å². The molecule has 8 heteroatoms. The molecule has 3 aromatic rings. The SMILES string of the molecule is CCOC(=O)c1c(CSc2ccc(Br)c(C(=O)O)c2)n(C)c2ccc(CO)cc12. The molecule has 0 unspecified atom stereocenters. The molecule has 1 heterocycles. The maximum absolute atomic E-state index is 12.7. The number of thioether (sulfide) groups is 1. The van der Waals surface area contributed by atoms with Crippen LogP contribution in [0.4, 0.5) is 0 Å². The lowest BCUT2D eigenvalue weighted by atomic mass is 10.1. The molecular weight excluding hydrogens is 458 g/mol. The number of carbonyl (C=O) groups excluding carboxylic acids is 1. The van der Waals surface area contributed by atoms with Crippen molar-refractivity contribution in [2.24, 2.45) is 7.05 Å². The quantitative estimate of drug-likeness (QED) is 0.381. The van der Waals surface area contributed by atoms with Crippen molar-refractivity contribution in [1.29, 1.82) is 0 Å². The highest BCUT2D eigenvalue weighted by molar-refractivity contribution is 9.10. The second-order valence-corrected chi connectivity index (χ2v) is 8.25. The zero-order valence-corrected chi connectivity index (χ0v) is 18.3. The highest BCUT2D eigenvalue weighted by Crippen LogP contribution is 2.33. The molecule has 0 radical (unpaired) electrons. The van der Waals surface area contributed by atoms with Gasteiger partial charge in [-0.25, -0.2) is 9.59 Å². The Kier molecular flexibility index (Phi) is 6.66. The Hall–Kier alpha value is -2.29. The van der Waals surface area contributed by atoms with Crippen molar-refractivity contribution in [3.8, 4) is 0 Å². The number of aryl methyl sites for hydroxylation is 1. The highest BCUT2D eigenvalue weighted by Gasteiger charge is 2.23. The van der Waals surface area contributed by atoms with E-state index in [4.69, 9.17) is 4.74 Å². The molecule has 29 heavy (non-hydrogen) atoms. The number of benzene rings is 2. The molecule has 0 fully saturated rings. The Morgan fingerprint density at radius 1 is 1.21 bits per heavy atom. The number of esters is 1. The number of carbonyl (C=O) groups is 2. The van der Waals surface area contributed by atoms with Gasteiger partial charge in [-0.15, -0.1) is 11.8 Å². The number of hydrogen-bond acceptors (Lipinski definition) is 5. The second kappa shape index (κ2) is 9.02. The number of rotatable bonds is 7. The molecule has 152 valence electrons. The number of aromatic nitrogens is 1. The molecule has 3 rings (SSSR count). The Morgan fingerprint density at radius 3 is 2.62 bits per heavy atom. The first-order valence-electron chi connectivity index (χ1n) is 8.91. The zero-order chi connectivity index (χ0) is 21.1. The van der Waals surface area contributed by atoms with Crippen LogP contribution in [0.1, 0.15) is 38.9 Å². The highest BCUT2D eigenvalue weighted by atomic mass is 79.9. The largest absolute Gasteiger partial charge is 0.478 e. The Labute approximate surface area is 180 Å². The number of ether oxygens (including phenoxy) is 1. The van der Waals surface area contributed by atoms with Crippen molar-refractivity contribution < 1.29 is 24.5 Å². The van der Waals surface area contributed by atoms with E-state index in [2.05, 4.69) is 15.9 Å². The standard InChI is InChI=1S/C21H20BrNO5S/c1-3-28-21(27)19-15-8-12(10-24)4-7-17(15)23(2)18(19)11-29-13-5-6-16(22)14(9-13)20(25)26/h4-9,24H,3,10-11H2,1-2H3,(H,25,26). The number of halogens is 1. The van der Waals surface area contributed by atoms with E-state index in [9.17, 15) is 19.8 Å². The van der Waals surface area contributed by atoms with Gasteiger partial charge >= 0.3 is 11.9 Å². The van der Waals surface area contributed by atoms with Gasteiger partial charge in [0.05, 0.1) is 24.3 Å². The number of carboxylic acids is 1. The van der Waals surface area contributed by atoms with Gasteiger partial charge in [0.25, 0.3) is 0 Å². The Balaban J connectivity index is 2.03. The van der Waals surface area contributed by atoms with Gasteiger partial charge in [-0.1, -0.05) is 6.07 Å². The first kappa shape index (κ1) is 21.4. The van der Waals surface area contributed by atoms with E-state index in [1.165, 1.54) is 11.8 Å². The van der Waals surface area contributed by atoms with Crippen molar-refractivity contribution in [1.82, 2.24) is 4.57 Å². The third kappa shape index (κ3) is 4.34. The van der Waals surface area contributed by atoms with Gasteiger partial charge in [0.2, 0.25) is 0 Å². The van der Waals surface area contributed by atoms with E-state index in [1.807, 2.05) is 29.8 Å². The first-order chi connectivity index (χ1) is 13.9. The molecule has 0 amide bonds. The van der Waals surface area contributed by atoms with Crippen LogP contribution in [0.15, 0.2) is 45.8 Å². The fourth-order valence-corrected chi connectivity index (χ4v) is 4.58. The van der Waals surface area contributed by atoms with Crippen molar-refractivity contribution in [2.45, 2.75) is 24.2 Å². The summed E-state index contributed by atoms with van der Waals surface area (Å²) in [6.45, 7) is 1.90. The fraction of sp³-hybridized carbons (Fsp3) is 0.238. The van der Waals surface area contributed by atoms with Crippen LogP contribution in [0.3, 0.4) is 0 Å². The normalized spacial score (nSPS) is 11.0.